The van der Waals surface area contributed by atoms with Crippen LogP contribution in [0, 0.1) is 0 Å². The number of aliphatic hydroxyl groups excluding tert-OH is 1. The van der Waals surface area contributed by atoms with Crippen molar-refractivity contribution in [2.24, 2.45) is 0 Å². The van der Waals surface area contributed by atoms with E-state index in [9.17, 15) is 4.79 Å². The van der Waals surface area contributed by atoms with Gasteiger partial charge < -0.3 is 14.6 Å². The second-order valence-electron chi connectivity index (χ2n) is 5.56. The summed E-state index contributed by atoms with van der Waals surface area (Å²) in [6.07, 6.45) is 2.17. The minimum Gasteiger partial charge on any atom is -0.491 e. The summed E-state index contributed by atoms with van der Waals surface area (Å²) in [4.78, 5) is 12.2. The lowest BCUT2D eigenvalue weighted by Gasteiger charge is -2.28. The number of benzene rings is 1. The molecule has 0 radical (unpaired) electrons. The Bertz CT molecular complexity index is 470. The summed E-state index contributed by atoms with van der Waals surface area (Å²) in [5.41, 5.74) is -0.0149. The lowest BCUT2D eigenvalue weighted by Crippen LogP contribution is -2.55. The van der Waals surface area contributed by atoms with Gasteiger partial charge in [0.05, 0.1) is 13.2 Å². The summed E-state index contributed by atoms with van der Waals surface area (Å²) in [6, 6.07) is 7.54. The van der Waals surface area contributed by atoms with Gasteiger partial charge in [-0.1, -0.05) is 12.1 Å². The van der Waals surface area contributed by atoms with E-state index in [1.165, 1.54) is 0 Å². The molecule has 5 heteroatoms. The first kappa shape index (κ1) is 15.8. The minimum absolute atomic E-state index is 0.00402. The standard InChI is InChI=1S/C16H23NO4/c1-3-20-15(19)16(2,17-13-6-7-13)11-21-14-8-4-12(10-18)5-9-14/h4-5,8-9,13,17-18H,3,6-7,10-11H2,1-2H3. The van der Waals surface area contributed by atoms with Crippen molar-refractivity contribution in [3.63, 3.8) is 0 Å². The van der Waals surface area contributed by atoms with Crippen molar-refractivity contribution in [3.05, 3.63) is 29.8 Å². The average molecular weight is 293 g/mol. The van der Waals surface area contributed by atoms with E-state index in [1.807, 2.05) is 6.92 Å². The zero-order chi connectivity index (χ0) is 15.3. The van der Waals surface area contributed by atoms with E-state index in [1.54, 1.807) is 31.2 Å². The van der Waals surface area contributed by atoms with Gasteiger partial charge in [0.2, 0.25) is 0 Å². The smallest absolute Gasteiger partial charge is 0.329 e. The molecular formula is C16H23NO4. The van der Waals surface area contributed by atoms with E-state index in [-0.39, 0.29) is 19.2 Å². The van der Waals surface area contributed by atoms with Crippen molar-refractivity contribution in [2.75, 3.05) is 13.2 Å². The maximum Gasteiger partial charge on any atom is 0.329 e. The van der Waals surface area contributed by atoms with E-state index in [0.717, 1.165) is 18.4 Å². The molecule has 0 aromatic heterocycles. The Morgan fingerprint density at radius 1 is 1.38 bits per heavy atom. The van der Waals surface area contributed by atoms with Gasteiger partial charge in [0.25, 0.3) is 0 Å². The van der Waals surface area contributed by atoms with Crippen LogP contribution in [0.4, 0.5) is 0 Å². The van der Waals surface area contributed by atoms with Crippen molar-refractivity contribution in [1.82, 2.24) is 5.32 Å². The molecule has 5 nitrogen and oxygen atoms in total. The third-order valence-corrected chi connectivity index (χ3v) is 3.46. The van der Waals surface area contributed by atoms with Crippen LogP contribution in [0.25, 0.3) is 0 Å². The van der Waals surface area contributed by atoms with Crippen molar-refractivity contribution < 1.29 is 19.4 Å². The fourth-order valence-corrected chi connectivity index (χ4v) is 2.05. The predicted octanol–water partition coefficient (Wildman–Crippen LogP) is 1.63. The van der Waals surface area contributed by atoms with Crippen LogP contribution < -0.4 is 10.1 Å². The molecule has 1 atom stereocenters. The van der Waals surface area contributed by atoms with Gasteiger partial charge in [0, 0.05) is 6.04 Å². The van der Waals surface area contributed by atoms with Gasteiger partial charge in [-0.3, -0.25) is 5.32 Å². The van der Waals surface area contributed by atoms with E-state index in [0.29, 0.717) is 18.4 Å². The first-order valence-electron chi connectivity index (χ1n) is 7.35. The SMILES string of the molecule is CCOC(=O)C(C)(COc1ccc(CO)cc1)NC1CC1. The number of ether oxygens (including phenoxy) is 2. The Kier molecular flexibility index (Phi) is 5.20. The molecule has 0 saturated heterocycles. The molecule has 0 bridgehead atoms. The molecule has 2 N–H and O–H groups in total. The van der Waals surface area contributed by atoms with E-state index in [2.05, 4.69) is 5.32 Å². The number of esters is 1. The highest BCUT2D eigenvalue weighted by Crippen LogP contribution is 2.24. The fourth-order valence-electron chi connectivity index (χ4n) is 2.05. The van der Waals surface area contributed by atoms with Gasteiger partial charge in [-0.15, -0.1) is 0 Å². The molecule has 1 aliphatic rings. The number of hydrogen-bond acceptors (Lipinski definition) is 5. The molecule has 0 amide bonds. The summed E-state index contributed by atoms with van der Waals surface area (Å²) in [7, 11) is 0. The molecule has 21 heavy (non-hydrogen) atoms. The van der Waals surface area contributed by atoms with Crippen LogP contribution in [-0.4, -0.2) is 35.9 Å². The Balaban J connectivity index is 1.98. The number of hydrogen-bond donors (Lipinski definition) is 2. The van der Waals surface area contributed by atoms with Gasteiger partial charge in [-0.2, -0.15) is 0 Å². The van der Waals surface area contributed by atoms with Crippen LogP contribution in [0.3, 0.4) is 0 Å². The molecule has 1 aliphatic carbocycles. The monoisotopic (exact) mass is 293 g/mol. The molecular weight excluding hydrogens is 270 g/mol. The van der Waals surface area contributed by atoms with Crippen molar-refractivity contribution in [3.8, 4) is 5.75 Å². The van der Waals surface area contributed by atoms with Crippen LogP contribution >= 0.6 is 0 Å². The van der Waals surface area contributed by atoms with Crippen LogP contribution in [0.5, 0.6) is 5.75 Å². The Morgan fingerprint density at radius 3 is 2.57 bits per heavy atom. The van der Waals surface area contributed by atoms with Gasteiger partial charge in [-0.25, -0.2) is 4.79 Å². The van der Waals surface area contributed by atoms with Gasteiger partial charge >= 0.3 is 5.97 Å². The predicted molar refractivity (Wildman–Crippen MR) is 79.1 cm³/mol. The topological polar surface area (TPSA) is 67.8 Å². The summed E-state index contributed by atoms with van der Waals surface area (Å²) in [5, 5.41) is 12.3. The lowest BCUT2D eigenvalue weighted by atomic mass is 10.0. The van der Waals surface area contributed by atoms with Gasteiger partial charge in [0.15, 0.2) is 0 Å². The third kappa shape index (κ3) is 4.44. The number of carbonyl (C=O) groups is 1. The number of aliphatic hydroxyl groups is 1. The summed E-state index contributed by atoms with van der Waals surface area (Å²) < 4.78 is 10.9. The fraction of sp³-hybridized carbons (Fsp3) is 0.562. The van der Waals surface area contributed by atoms with E-state index >= 15 is 0 Å². The lowest BCUT2D eigenvalue weighted by molar-refractivity contribution is -0.152. The van der Waals surface area contributed by atoms with E-state index in [4.69, 9.17) is 14.6 Å². The molecule has 116 valence electrons. The van der Waals surface area contributed by atoms with E-state index < -0.39 is 5.54 Å². The molecule has 0 heterocycles. The van der Waals surface area contributed by atoms with Crippen LogP contribution in [0.15, 0.2) is 24.3 Å². The summed E-state index contributed by atoms with van der Waals surface area (Å²) in [6.45, 7) is 4.17. The number of nitrogens with one attached hydrogen (secondary N) is 1. The zero-order valence-corrected chi connectivity index (χ0v) is 12.6. The number of carbonyl (C=O) groups excluding carboxylic acids is 1. The van der Waals surface area contributed by atoms with Crippen molar-refractivity contribution in [2.45, 2.75) is 44.9 Å². The van der Waals surface area contributed by atoms with Crippen molar-refractivity contribution >= 4 is 5.97 Å². The third-order valence-electron chi connectivity index (χ3n) is 3.46. The van der Waals surface area contributed by atoms with Gasteiger partial charge in [0.1, 0.15) is 17.9 Å². The van der Waals surface area contributed by atoms with Crippen LogP contribution in [0.2, 0.25) is 0 Å². The quantitative estimate of drug-likeness (QED) is 0.713. The Morgan fingerprint density at radius 2 is 2.05 bits per heavy atom. The highest BCUT2D eigenvalue weighted by Gasteiger charge is 2.40. The highest BCUT2D eigenvalue weighted by molar-refractivity contribution is 5.80. The summed E-state index contributed by atoms with van der Waals surface area (Å²) in [5.74, 6) is 0.379. The second-order valence-corrected chi connectivity index (χ2v) is 5.56. The maximum atomic E-state index is 12.2. The molecule has 0 spiro atoms. The molecule has 1 unspecified atom stereocenters. The minimum atomic E-state index is -0.840. The molecule has 1 aromatic rings. The normalized spacial score (nSPS) is 17.1. The molecule has 0 aliphatic heterocycles. The molecule has 2 rings (SSSR count). The second kappa shape index (κ2) is 6.91. The highest BCUT2D eigenvalue weighted by atomic mass is 16.5. The first-order chi connectivity index (χ1) is 10.1. The largest absolute Gasteiger partial charge is 0.491 e. The zero-order valence-electron chi connectivity index (χ0n) is 12.6. The Hall–Kier alpha value is -1.59. The molecule has 1 aromatic carbocycles. The Labute approximate surface area is 125 Å². The first-order valence-corrected chi connectivity index (χ1v) is 7.35. The maximum absolute atomic E-state index is 12.2. The summed E-state index contributed by atoms with van der Waals surface area (Å²) >= 11 is 0. The van der Waals surface area contributed by atoms with Gasteiger partial charge in [-0.05, 0) is 44.4 Å². The number of rotatable bonds is 8. The van der Waals surface area contributed by atoms with Crippen LogP contribution in [-0.2, 0) is 16.1 Å². The van der Waals surface area contributed by atoms with Crippen LogP contribution in [0.1, 0.15) is 32.3 Å². The molecule has 1 fully saturated rings. The van der Waals surface area contributed by atoms with Crippen molar-refractivity contribution in [1.29, 1.82) is 0 Å². The molecule has 1 saturated carbocycles. The average Bonchev–Trinajstić information content (AvgIpc) is 3.30.